The predicted octanol–water partition coefficient (Wildman–Crippen LogP) is 3.11. The number of hydrogen-bond donors (Lipinski definition) is 0. The Morgan fingerprint density at radius 3 is 2.10 bits per heavy atom. The van der Waals surface area contributed by atoms with E-state index in [0.29, 0.717) is 5.15 Å². The molecule has 52 valence electrons. The molecule has 0 bridgehead atoms. The molecule has 0 saturated heterocycles. The molecule has 0 aliphatic heterocycles. The van der Waals surface area contributed by atoms with Crippen LogP contribution in [0.1, 0.15) is 0 Å². The molecule has 10 heavy (non-hydrogen) atoms. The molecule has 0 unspecified atom stereocenters. The number of nitrogens with zero attached hydrogens (tertiary/aromatic N) is 1. The Bertz CT molecular complexity index is 158. The van der Waals surface area contributed by atoms with E-state index in [1.807, 2.05) is 12.1 Å². The first-order valence-corrected chi connectivity index (χ1v) is 16.4. The van der Waals surface area contributed by atoms with Crippen LogP contribution >= 0.6 is 28.1 Å². The van der Waals surface area contributed by atoms with Crippen LogP contribution in [0.25, 0.3) is 0 Å². The molecule has 0 atom stereocenters. The molecule has 1 heterocycles. The zero-order valence-electron chi connectivity index (χ0n) is 5.10. The Labute approximate surface area is 84.0 Å². The monoisotopic (exact) mass is 385 g/mol. The average molecular weight is 385 g/mol. The molecule has 0 saturated carbocycles. The van der Waals surface area contributed by atoms with Gasteiger partial charge in [-0.25, -0.2) is 4.98 Å². The van der Waals surface area contributed by atoms with Gasteiger partial charge in [-0.15, -0.1) is 0 Å². The summed E-state index contributed by atoms with van der Waals surface area (Å²) < 4.78 is 0. The summed E-state index contributed by atoms with van der Waals surface area (Å²) in [6, 6.07) is 5.41. The number of halogens is 3. The third-order valence-electron chi connectivity index (χ3n) is 0.629. The Hall–Kier alpha value is 0.955. The van der Waals surface area contributed by atoms with Gasteiger partial charge in [0.25, 0.3) is 0 Å². The van der Waals surface area contributed by atoms with Crippen LogP contribution < -0.4 is 0 Å². The van der Waals surface area contributed by atoms with Crippen molar-refractivity contribution in [2.45, 2.75) is 0 Å². The minimum atomic E-state index is -1.14. The summed E-state index contributed by atoms with van der Waals surface area (Å²) in [4.78, 5) is 3.74. The minimum absolute atomic E-state index is 0.544. The van der Waals surface area contributed by atoms with E-state index < -0.39 is 22.1 Å². The molecule has 0 amide bonds. The first-order valence-electron chi connectivity index (χ1n) is 2.49. The molecule has 0 aliphatic rings. The van der Waals surface area contributed by atoms with Crippen LogP contribution in [0.5, 0.6) is 0 Å². The third-order valence-corrected chi connectivity index (χ3v) is 0.852. The summed E-state index contributed by atoms with van der Waals surface area (Å²) in [5.41, 5.74) is 0. The first-order chi connectivity index (χ1) is 4.81. The fourth-order valence-electron chi connectivity index (χ4n) is 0.342. The average Bonchev–Trinajstić information content (AvgIpc) is 1.91. The molecule has 1 aromatic rings. The third kappa shape index (κ3) is 7.07. The van der Waals surface area contributed by atoms with Crippen molar-refractivity contribution in [2.75, 3.05) is 0 Å². The summed E-state index contributed by atoms with van der Waals surface area (Å²) >= 11 is 4.29. The van der Waals surface area contributed by atoms with Gasteiger partial charge >= 0.3 is 38.6 Å². The van der Waals surface area contributed by atoms with Crippen LogP contribution in [0.15, 0.2) is 24.4 Å². The Morgan fingerprint density at radius 1 is 1.30 bits per heavy atom. The fraction of sp³-hybridized carbons (Fsp3) is 0. The molecule has 0 aliphatic carbocycles. The standard InChI is InChI=1S/C5H4ClN.2ClH.Hg/c6-5-3-1-2-4-7-5;;;/h1-4H;2*1H;/q;;;+2/p-2. The molecule has 0 spiro atoms. The molecule has 1 rings (SSSR count). The number of rotatable bonds is 0. The molecule has 0 fully saturated rings. The van der Waals surface area contributed by atoms with Gasteiger partial charge in [0.2, 0.25) is 0 Å². The van der Waals surface area contributed by atoms with E-state index in [0.717, 1.165) is 0 Å². The van der Waals surface area contributed by atoms with Crippen LogP contribution in [-0.4, -0.2) is 4.98 Å². The fourth-order valence-corrected chi connectivity index (χ4v) is 0.471. The van der Waals surface area contributed by atoms with Gasteiger partial charge in [0.1, 0.15) is 5.15 Å². The van der Waals surface area contributed by atoms with E-state index in [1.165, 1.54) is 0 Å². The van der Waals surface area contributed by atoms with Crippen molar-refractivity contribution in [3.8, 4) is 0 Å². The van der Waals surface area contributed by atoms with Crippen LogP contribution in [0.4, 0.5) is 0 Å². The van der Waals surface area contributed by atoms with Gasteiger partial charge in [-0.1, -0.05) is 17.7 Å². The second kappa shape index (κ2) is 8.06. The first kappa shape index (κ1) is 11.0. The van der Waals surface area contributed by atoms with Crippen LogP contribution in [0.3, 0.4) is 0 Å². The van der Waals surface area contributed by atoms with Gasteiger partial charge in [0.05, 0.1) is 0 Å². The van der Waals surface area contributed by atoms with Crippen molar-refractivity contribution in [1.29, 1.82) is 0 Å². The van der Waals surface area contributed by atoms with E-state index in [2.05, 4.69) is 4.98 Å². The van der Waals surface area contributed by atoms with Gasteiger partial charge in [0, 0.05) is 6.20 Å². The van der Waals surface area contributed by atoms with Crippen molar-refractivity contribution in [2.24, 2.45) is 0 Å². The zero-order chi connectivity index (χ0) is 7.82. The van der Waals surface area contributed by atoms with Crippen molar-refractivity contribution in [1.82, 2.24) is 4.98 Å². The molecule has 1 nitrogen and oxygen atoms in total. The summed E-state index contributed by atoms with van der Waals surface area (Å²) in [7, 11) is 9.97. The number of hydrogen-bond acceptors (Lipinski definition) is 1. The molecule has 0 N–H and O–H groups in total. The van der Waals surface area contributed by atoms with Gasteiger partial charge in [-0.3, -0.25) is 0 Å². The summed E-state index contributed by atoms with van der Waals surface area (Å²) in [5.74, 6) is 0. The predicted molar refractivity (Wildman–Crippen MR) is 41.0 cm³/mol. The van der Waals surface area contributed by atoms with Crippen molar-refractivity contribution in [3.63, 3.8) is 0 Å². The van der Waals surface area contributed by atoms with E-state index in [9.17, 15) is 0 Å². The maximum absolute atomic E-state index is 5.43. The molecule has 5 heteroatoms. The van der Waals surface area contributed by atoms with Gasteiger partial charge in [-0.2, -0.15) is 0 Å². The van der Waals surface area contributed by atoms with Crippen molar-refractivity contribution in [3.05, 3.63) is 29.5 Å². The quantitative estimate of drug-likeness (QED) is 0.494. The van der Waals surface area contributed by atoms with Crippen LogP contribution in [0, 0.1) is 0 Å². The second-order valence-corrected chi connectivity index (χ2v) is 9.52. The van der Waals surface area contributed by atoms with E-state index >= 15 is 0 Å². The van der Waals surface area contributed by atoms with E-state index in [-0.39, 0.29) is 0 Å². The van der Waals surface area contributed by atoms with Gasteiger partial charge in [0.15, 0.2) is 0 Å². The normalized spacial score (nSPS) is 7.10. The second-order valence-electron chi connectivity index (χ2n) is 1.25. The topological polar surface area (TPSA) is 12.9 Å². The van der Waals surface area contributed by atoms with Crippen molar-refractivity contribution >= 4 is 28.1 Å². The Kier molecular flexibility index (Phi) is 8.82. The summed E-state index contributed by atoms with van der Waals surface area (Å²) in [5, 5.41) is 0.544. The molecule has 0 aromatic carbocycles. The maximum atomic E-state index is 5.43. The van der Waals surface area contributed by atoms with E-state index in [4.69, 9.17) is 28.1 Å². The SMILES string of the molecule is Clc1ccccn1.[Cl][Hg][Cl]. The van der Waals surface area contributed by atoms with Gasteiger partial charge in [-0.05, 0) is 12.1 Å². The molecule has 0 radical (unpaired) electrons. The number of aromatic nitrogens is 1. The van der Waals surface area contributed by atoms with Crippen LogP contribution in [-0.2, 0) is 22.1 Å². The Balaban J connectivity index is 0.000000236. The van der Waals surface area contributed by atoms with Crippen LogP contribution in [0.2, 0.25) is 5.15 Å². The zero-order valence-corrected chi connectivity index (χ0v) is 12.9. The molecular formula is C5H4Cl3HgN. The summed E-state index contributed by atoms with van der Waals surface area (Å²) in [6.45, 7) is 0. The molecular weight excluding hydrogens is 381 g/mol. The Morgan fingerprint density at radius 2 is 1.90 bits per heavy atom. The molecule has 1 aromatic heterocycles. The van der Waals surface area contributed by atoms with E-state index in [1.54, 1.807) is 12.3 Å². The van der Waals surface area contributed by atoms with Gasteiger partial charge < -0.3 is 0 Å². The number of pyridine rings is 1. The van der Waals surface area contributed by atoms with Crippen molar-refractivity contribution < 1.29 is 22.1 Å². The summed E-state index contributed by atoms with van der Waals surface area (Å²) in [6.07, 6.45) is 1.66.